The molecular weight excluding hydrogens is 388 g/mol. The van der Waals surface area contributed by atoms with Crippen molar-refractivity contribution in [3.63, 3.8) is 0 Å². The number of carbonyl (C=O) groups excluding carboxylic acids is 2. The third-order valence-electron chi connectivity index (χ3n) is 4.33. The van der Waals surface area contributed by atoms with E-state index in [0.29, 0.717) is 22.3 Å². The van der Waals surface area contributed by atoms with E-state index in [1.165, 1.54) is 0 Å². The number of hydrogen-bond acceptors (Lipinski definition) is 2. The van der Waals surface area contributed by atoms with Crippen LogP contribution in [0.1, 0.15) is 32.1 Å². The molecule has 0 unspecified atom stereocenters. The molecule has 28 heavy (non-hydrogen) atoms. The molecule has 0 fully saturated rings. The summed E-state index contributed by atoms with van der Waals surface area (Å²) in [5, 5.41) is 2.95. The van der Waals surface area contributed by atoms with Gasteiger partial charge in [-0.15, -0.1) is 0 Å². The lowest BCUT2D eigenvalue weighted by Crippen LogP contribution is -2.17. The molecule has 3 N–H and O–H groups in total. The second-order valence-corrected chi connectivity index (χ2v) is 6.66. The van der Waals surface area contributed by atoms with Crippen LogP contribution in [-0.4, -0.2) is 16.4 Å². The summed E-state index contributed by atoms with van der Waals surface area (Å²) in [6, 6.07) is 10.1. The van der Waals surface area contributed by atoms with Gasteiger partial charge < -0.3 is 15.6 Å². The fourth-order valence-electron chi connectivity index (χ4n) is 3.00. The number of primary amides is 1. The van der Waals surface area contributed by atoms with Gasteiger partial charge in [0.1, 0.15) is 11.6 Å². The lowest BCUT2D eigenvalue weighted by molar-refractivity contribution is 0.0992. The van der Waals surface area contributed by atoms with Gasteiger partial charge >= 0.3 is 0 Å². The summed E-state index contributed by atoms with van der Waals surface area (Å²) in [6.07, 6.45) is 0. The van der Waals surface area contributed by atoms with Gasteiger partial charge in [0.15, 0.2) is 0 Å². The molecule has 0 aliphatic carbocycles. The first-order valence-corrected chi connectivity index (χ1v) is 8.62. The van der Waals surface area contributed by atoms with Gasteiger partial charge in [0.05, 0.1) is 16.8 Å². The van der Waals surface area contributed by atoms with Crippen molar-refractivity contribution in [2.75, 3.05) is 5.32 Å². The predicted molar refractivity (Wildman–Crippen MR) is 103 cm³/mol. The van der Waals surface area contributed by atoms with Gasteiger partial charge in [-0.1, -0.05) is 11.6 Å². The lowest BCUT2D eigenvalue weighted by Gasteiger charge is -2.11. The van der Waals surface area contributed by atoms with Gasteiger partial charge in [-0.25, -0.2) is 8.78 Å². The Hall–Kier alpha value is -3.19. The van der Waals surface area contributed by atoms with Gasteiger partial charge in [0.25, 0.3) is 11.8 Å². The van der Waals surface area contributed by atoms with Crippen molar-refractivity contribution in [3.05, 3.63) is 81.6 Å². The van der Waals surface area contributed by atoms with Crippen LogP contribution in [0.3, 0.4) is 0 Å². The molecule has 8 heteroatoms. The van der Waals surface area contributed by atoms with Gasteiger partial charge in [-0.05, 0) is 50.2 Å². The number of carbonyl (C=O) groups is 2. The first kappa shape index (κ1) is 19.6. The molecule has 0 radical (unpaired) electrons. The number of amides is 2. The zero-order valence-electron chi connectivity index (χ0n) is 15.0. The normalized spacial score (nSPS) is 10.8. The fourth-order valence-corrected chi connectivity index (χ4v) is 3.13. The highest BCUT2D eigenvalue weighted by Gasteiger charge is 2.20. The Kier molecular flexibility index (Phi) is 5.20. The molecule has 1 heterocycles. The average Bonchev–Trinajstić information content (AvgIpc) is 2.92. The minimum Gasteiger partial charge on any atom is -0.366 e. The molecule has 3 rings (SSSR count). The Bertz CT molecular complexity index is 1090. The van der Waals surface area contributed by atoms with E-state index in [9.17, 15) is 18.4 Å². The average molecular weight is 404 g/mol. The number of hydrogen-bond donors (Lipinski definition) is 2. The summed E-state index contributed by atoms with van der Waals surface area (Å²) >= 11 is 5.92. The molecule has 2 aromatic carbocycles. The predicted octanol–water partition coefficient (Wildman–Crippen LogP) is 4.38. The van der Waals surface area contributed by atoms with Crippen molar-refractivity contribution in [1.82, 2.24) is 4.57 Å². The van der Waals surface area contributed by atoms with Crippen LogP contribution < -0.4 is 11.1 Å². The van der Waals surface area contributed by atoms with Gasteiger partial charge in [-0.3, -0.25) is 9.59 Å². The summed E-state index contributed by atoms with van der Waals surface area (Å²) in [7, 11) is 0. The molecule has 0 aliphatic rings. The molecule has 0 atom stereocenters. The second-order valence-electron chi connectivity index (χ2n) is 6.23. The highest BCUT2D eigenvalue weighted by atomic mass is 35.5. The fraction of sp³-hybridized carbons (Fsp3) is 0.100. The maximum atomic E-state index is 14.0. The molecule has 0 saturated heterocycles. The molecule has 0 bridgehead atoms. The zero-order chi connectivity index (χ0) is 20.6. The third-order valence-corrected chi connectivity index (χ3v) is 4.58. The van der Waals surface area contributed by atoms with Gasteiger partial charge in [0, 0.05) is 28.2 Å². The van der Waals surface area contributed by atoms with Crippen LogP contribution in [0.4, 0.5) is 14.5 Å². The highest BCUT2D eigenvalue weighted by molar-refractivity contribution is 6.30. The number of nitrogens with zero attached hydrogens (tertiary/aromatic N) is 1. The Balaban J connectivity index is 1.96. The number of benzene rings is 2. The summed E-state index contributed by atoms with van der Waals surface area (Å²) in [6.45, 7) is 3.56. The maximum absolute atomic E-state index is 14.0. The first-order chi connectivity index (χ1) is 13.2. The number of aromatic nitrogens is 1. The Morgan fingerprint density at radius 2 is 1.64 bits per heavy atom. The lowest BCUT2D eigenvalue weighted by atomic mass is 10.1. The third kappa shape index (κ3) is 3.61. The molecular formula is C20H16ClF2N3O2. The van der Waals surface area contributed by atoms with E-state index >= 15 is 0 Å². The number of rotatable bonds is 4. The van der Waals surface area contributed by atoms with Crippen LogP contribution in [0.25, 0.3) is 5.69 Å². The van der Waals surface area contributed by atoms with Crippen molar-refractivity contribution in [3.8, 4) is 5.69 Å². The summed E-state index contributed by atoms with van der Waals surface area (Å²) < 4.78 is 29.5. The molecule has 2 amide bonds. The summed E-state index contributed by atoms with van der Waals surface area (Å²) in [4.78, 5) is 23.9. The minimum absolute atomic E-state index is 0.303. The van der Waals surface area contributed by atoms with Crippen molar-refractivity contribution in [2.24, 2.45) is 5.73 Å². The van der Waals surface area contributed by atoms with Crippen LogP contribution in [0.2, 0.25) is 5.02 Å². The van der Waals surface area contributed by atoms with Gasteiger partial charge in [-0.2, -0.15) is 0 Å². The van der Waals surface area contributed by atoms with Crippen molar-refractivity contribution in [1.29, 1.82) is 0 Å². The minimum atomic E-state index is -1.09. The highest BCUT2D eigenvalue weighted by Crippen LogP contribution is 2.25. The SMILES string of the molecule is Cc1cc(C(=O)Nc2cc(C(N)=O)c(F)cc2F)c(C)n1-c1ccc(Cl)cc1. The van der Waals surface area contributed by atoms with Crippen LogP contribution in [0, 0.1) is 25.5 Å². The van der Waals surface area contributed by atoms with E-state index < -0.39 is 29.0 Å². The quantitative estimate of drug-likeness (QED) is 0.678. The van der Waals surface area contributed by atoms with E-state index in [0.717, 1.165) is 17.4 Å². The second kappa shape index (κ2) is 7.44. The van der Waals surface area contributed by atoms with E-state index in [4.69, 9.17) is 17.3 Å². The van der Waals surface area contributed by atoms with Crippen LogP contribution in [0.15, 0.2) is 42.5 Å². The number of nitrogens with two attached hydrogens (primary N) is 1. The van der Waals surface area contributed by atoms with Crippen molar-refractivity contribution >= 4 is 29.1 Å². The van der Waals surface area contributed by atoms with E-state index in [-0.39, 0.29) is 5.69 Å². The van der Waals surface area contributed by atoms with Crippen molar-refractivity contribution < 1.29 is 18.4 Å². The number of aryl methyl sites for hydroxylation is 1. The standard InChI is InChI=1S/C20H16ClF2N3O2/c1-10-7-14(11(2)26(10)13-5-3-12(21)4-6-13)20(28)25-18-8-15(19(24)27)16(22)9-17(18)23/h3-9H,1-2H3,(H2,24,27)(H,25,28). The topological polar surface area (TPSA) is 77.1 Å². The van der Waals surface area contributed by atoms with E-state index in [2.05, 4.69) is 5.32 Å². The largest absolute Gasteiger partial charge is 0.366 e. The molecule has 0 saturated carbocycles. The Morgan fingerprint density at radius 1 is 1.00 bits per heavy atom. The van der Waals surface area contributed by atoms with Gasteiger partial charge in [0.2, 0.25) is 0 Å². The smallest absolute Gasteiger partial charge is 0.257 e. The number of nitrogens with one attached hydrogen (secondary N) is 1. The molecule has 5 nitrogen and oxygen atoms in total. The van der Waals surface area contributed by atoms with Crippen LogP contribution in [0.5, 0.6) is 0 Å². The number of anilines is 1. The van der Waals surface area contributed by atoms with Crippen LogP contribution in [-0.2, 0) is 0 Å². The molecule has 0 aliphatic heterocycles. The maximum Gasteiger partial charge on any atom is 0.257 e. The van der Waals surface area contributed by atoms with Crippen LogP contribution >= 0.6 is 11.6 Å². The summed E-state index contributed by atoms with van der Waals surface area (Å²) in [5.74, 6) is -3.77. The first-order valence-electron chi connectivity index (χ1n) is 8.24. The van der Waals surface area contributed by atoms with Crippen molar-refractivity contribution in [2.45, 2.75) is 13.8 Å². The molecule has 1 aromatic heterocycles. The Morgan fingerprint density at radius 3 is 2.25 bits per heavy atom. The zero-order valence-corrected chi connectivity index (χ0v) is 15.8. The van der Waals surface area contributed by atoms with E-state index in [1.54, 1.807) is 25.1 Å². The Labute approximate surface area is 164 Å². The molecule has 3 aromatic rings. The summed E-state index contributed by atoms with van der Waals surface area (Å²) in [5.41, 5.74) is 6.73. The van der Waals surface area contributed by atoms with E-state index in [1.807, 2.05) is 23.6 Å². The number of halogens is 3. The molecule has 0 spiro atoms. The molecule has 144 valence electrons. The monoisotopic (exact) mass is 403 g/mol.